The van der Waals surface area contributed by atoms with Gasteiger partial charge >= 0.3 is 0 Å². The third-order valence-corrected chi connectivity index (χ3v) is 7.43. The summed E-state index contributed by atoms with van der Waals surface area (Å²) in [6, 6.07) is 22.8. The van der Waals surface area contributed by atoms with Crippen molar-refractivity contribution in [2.45, 2.75) is 47.3 Å². The molecule has 39 heavy (non-hydrogen) atoms. The molecule has 0 saturated heterocycles. The van der Waals surface area contributed by atoms with Gasteiger partial charge < -0.3 is 4.74 Å². The van der Waals surface area contributed by atoms with E-state index in [4.69, 9.17) is 24.7 Å². The summed E-state index contributed by atoms with van der Waals surface area (Å²) in [5.74, 6) is 0.842. The van der Waals surface area contributed by atoms with Gasteiger partial charge in [-0.25, -0.2) is 9.97 Å². The second-order valence-corrected chi connectivity index (χ2v) is 11.0. The van der Waals surface area contributed by atoms with Crippen LogP contribution in [0.1, 0.15) is 39.6 Å². The molecule has 5 aromatic rings. The van der Waals surface area contributed by atoms with Crippen molar-refractivity contribution in [3.8, 4) is 26.9 Å². The topological polar surface area (TPSA) is 64.0 Å². The van der Waals surface area contributed by atoms with Gasteiger partial charge in [-0.2, -0.15) is 0 Å². The SMILES string of the molecule is COc1ccc(-c2cnc(-c3cccc(CN(Cc4cc(C)cc(C)n4)Cc4cc(C)cc(C)n4)n3)s2)cc1. The zero-order valence-electron chi connectivity index (χ0n) is 23.1. The van der Waals surface area contributed by atoms with Gasteiger partial charge in [-0.15, -0.1) is 11.3 Å². The number of benzene rings is 1. The maximum atomic E-state index is 5.29. The van der Waals surface area contributed by atoms with Gasteiger partial charge in [-0.1, -0.05) is 6.07 Å². The zero-order valence-corrected chi connectivity index (χ0v) is 23.9. The van der Waals surface area contributed by atoms with Crippen LogP contribution in [0.4, 0.5) is 0 Å². The first kappa shape index (κ1) is 26.7. The van der Waals surface area contributed by atoms with Crippen molar-refractivity contribution in [2.75, 3.05) is 7.11 Å². The number of hydrogen-bond acceptors (Lipinski definition) is 7. The Morgan fingerprint density at radius 1 is 0.718 bits per heavy atom. The molecular formula is C32H33N5OS. The van der Waals surface area contributed by atoms with E-state index >= 15 is 0 Å². The molecule has 0 amide bonds. The molecule has 0 unspecified atom stereocenters. The summed E-state index contributed by atoms with van der Waals surface area (Å²) in [7, 11) is 1.68. The molecular weight excluding hydrogens is 502 g/mol. The summed E-state index contributed by atoms with van der Waals surface area (Å²) < 4.78 is 5.29. The van der Waals surface area contributed by atoms with Crippen LogP contribution >= 0.6 is 11.3 Å². The van der Waals surface area contributed by atoms with E-state index in [1.165, 1.54) is 11.1 Å². The Morgan fingerprint density at radius 2 is 1.33 bits per heavy atom. The Hall–Kier alpha value is -3.94. The van der Waals surface area contributed by atoms with Crippen molar-refractivity contribution in [3.63, 3.8) is 0 Å². The molecule has 1 aromatic carbocycles. The third kappa shape index (κ3) is 6.93. The average molecular weight is 536 g/mol. The van der Waals surface area contributed by atoms with E-state index in [-0.39, 0.29) is 0 Å². The van der Waals surface area contributed by atoms with Crippen LogP contribution < -0.4 is 4.74 Å². The highest BCUT2D eigenvalue weighted by molar-refractivity contribution is 7.18. The van der Waals surface area contributed by atoms with E-state index in [1.54, 1.807) is 18.4 Å². The molecule has 4 heterocycles. The molecule has 0 aliphatic rings. The molecule has 5 rings (SSSR count). The highest BCUT2D eigenvalue weighted by Crippen LogP contribution is 2.32. The predicted octanol–water partition coefficient (Wildman–Crippen LogP) is 7.11. The fraction of sp³-hybridized carbons (Fsp3) is 0.250. The molecule has 0 spiro atoms. The van der Waals surface area contributed by atoms with Crippen LogP contribution in [0.15, 0.2) is 72.9 Å². The van der Waals surface area contributed by atoms with Crippen LogP contribution in [0, 0.1) is 27.7 Å². The Labute approximate surface area is 234 Å². The molecule has 198 valence electrons. The Morgan fingerprint density at radius 3 is 1.92 bits per heavy atom. The van der Waals surface area contributed by atoms with E-state index in [0.29, 0.717) is 19.6 Å². The number of hydrogen-bond donors (Lipinski definition) is 0. The van der Waals surface area contributed by atoms with Gasteiger partial charge in [0.2, 0.25) is 0 Å². The number of rotatable bonds is 9. The standard InChI is InChI=1S/C32H33N5OS/c1-21-13-23(3)34-27(15-21)19-37(20-28-16-22(2)14-24(4)35-28)18-26-7-6-8-30(36-26)32-33-17-31(39-32)25-9-11-29(38-5)12-10-25/h6-17H,18-20H2,1-5H3. The van der Waals surface area contributed by atoms with Crippen LogP contribution in [-0.4, -0.2) is 31.9 Å². The summed E-state index contributed by atoms with van der Waals surface area (Å²) in [5, 5.41) is 0.904. The number of methoxy groups -OCH3 is 1. The zero-order chi connectivity index (χ0) is 27.4. The maximum Gasteiger partial charge on any atom is 0.142 e. The Kier molecular flexibility index (Phi) is 8.10. The van der Waals surface area contributed by atoms with E-state index < -0.39 is 0 Å². The summed E-state index contributed by atoms with van der Waals surface area (Å²) >= 11 is 1.64. The van der Waals surface area contributed by atoms with Crippen LogP contribution in [0.25, 0.3) is 21.1 Å². The summed E-state index contributed by atoms with van der Waals surface area (Å²) in [6.45, 7) is 10.4. The van der Waals surface area contributed by atoms with Crippen molar-refractivity contribution in [1.29, 1.82) is 0 Å². The third-order valence-electron chi connectivity index (χ3n) is 6.36. The fourth-order valence-electron chi connectivity index (χ4n) is 4.84. The van der Waals surface area contributed by atoms with Crippen molar-refractivity contribution in [2.24, 2.45) is 0 Å². The average Bonchev–Trinajstić information content (AvgIpc) is 3.38. The maximum absolute atomic E-state index is 5.29. The van der Waals surface area contributed by atoms with E-state index in [2.05, 4.69) is 67.3 Å². The molecule has 6 nitrogen and oxygen atoms in total. The lowest BCUT2D eigenvalue weighted by molar-refractivity contribution is 0.238. The van der Waals surface area contributed by atoms with Crippen molar-refractivity contribution >= 4 is 11.3 Å². The lowest BCUT2D eigenvalue weighted by Crippen LogP contribution is -2.24. The second-order valence-electron chi connectivity index (χ2n) is 9.97. The van der Waals surface area contributed by atoms with Gasteiger partial charge in [0.25, 0.3) is 0 Å². The molecule has 0 bridgehead atoms. The fourth-order valence-corrected chi connectivity index (χ4v) is 5.73. The molecule has 0 fully saturated rings. The lowest BCUT2D eigenvalue weighted by atomic mass is 10.1. The number of thiazole rings is 1. The van der Waals surface area contributed by atoms with Crippen LogP contribution in [0.2, 0.25) is 0 Å². The summed E-state index contributed by atoms with van der Waals surface area (Å²) in [4.78, 5) is 22.8. The van der Waals surface area contributed by atoms with Crippen LogP contribution in [0.5, 0.6) is 5.75 Å². The minimum Gasteiger partial charge on any atom is -0.497 e. The van der Waals surface area contributed by atoms with Gasteiger partial charge in [0.1, 0.15) is 10.8 Å². The minimum absolute atomic E-state index is 0.674. The van der Waals surface area contributed by atoms with E-state index in [9.17, 15) is 0 Å². The molecule has 0 N–H and O–H groups in total. The Balaban J connectivity index is 1.40. The monoisotopic (exact) mass is 535 g/mol. The summed E-state index contributed by atoms with van der Waals surface area (Å²) in [5.41, 5.74) is 9.60. The molecule has 0 aliphatic carbocycles. The van der Waals surface area contributed by atoms with Gasteiger partial charge in [0, 0.05) is 37.2 Å². The second kappa shape index (κ2) is 11.8. The highest BCUT2D eigenvalue weighted by Gasteiger charge is 2.14. The normalized spacial score (nSPS) is 11.2. The van der Waals surface area contributed by atoms with Crippen molar-refractivity contribution < 1.29 is 4.74 Å². The molecule has 0 radical (unpaired) electrons. The lowest BCUT2D eigenvalue weighted by Gasteiger charge is -2.22. The number of aromatic nitrogens is 4. The number of ether oxygens (including phenoxy) is 1. The van der Waals surface area contributed by atoms with Gasteiger partial charge in [0.15, 0.2) is 0 Å². The van der Waals surface area contributed by atoms with Crippen molar-refractivity contribution in [1.82, 2.24) is 24.8 Å². The largest absolute Gasteiger partial charge is 0.497 e. The molecule has 4 aromatic heterocycles. The van der Waals surface area contributed by atoms with Crippen LogP contribution in [0.3, 0.4) is 0 Å². The molecule has 0 saturated carbocycles. The first-order valence-electron chi connectivity index (χ1n) is 13.0. The predicted molar refractivity (Wildman–Crippen MR) is 158 cm³/mol. The number of aryl methyl sites for hydroxylation is 4. The minimum atomic E-state index is 0.674. The number of nitrogens with zero attached hydrogens (tertiary/aromatic N) is 5. The molecule has 0 aliphatic heterocycles. The molecule has 7 heteroatoms. The van der Waals surface area contributed by atoms with E-state index in [1.807, 2.05) is 38.2 Å². The smallest absolute Gasteiger partial charge is 0.142 e. The van der Waals surface area contributed by atoms with Gasteiger partial charge in [-0.05, 0) is 105 Å². The van der Waals surface area contributed by atoms with E-state index in [0.717, 1.165) is 55.4 Å². The van der Waals surface area contributed by atoms with Crippen LogP contribution in [-0.2, 0) is 19.6 Å². The highest BCUT2D eigenvalue weighted by atomic mass is 32.1. The summed E-state index contributed by atoms with van der Waals surface area (Å²) in [6.07, 6.45) is 1.92. The molecule has 0 atom stereocenters. The quantitative estimate of drug-likeness (QED) is 0.200. The van der Waals surface area contributed by atoms with Gasteiger partial charge in [0.05, 0.1) is 34.8 Å². The number of pyridine rings is 3. The first-order chi connectivity index (χ1) is 18.8. The van der Waals surface area contributed by atoms with Crippen molar-refractivity contribution in [3.05, 3.63) is 113 Å². The Bertz CT molecular complexity index is 1480. The first-order valence-corrected chi connectivity index (χ1v) is 13.8. The van der Waals surface area contributed by atoms with Gasteiger partial charge in [-0.3, -0.25) is 14.9 Å².